The molecule has 2 aromatic heterocycles. The number of anilines is 1. The van der Waals surface area contributed by atoms with Gasteiger partial charge in [0.25, 0.3) is 11.5 Å². The average molecular weight is 421 g/mol. The number of thiazole rings is 1. The molecule has 4 aromatic rings. The lowest BCUT2D eigenvalue weighted by atomic mass is 10.2. The number of amides is 1. The molecule has 0 unspecified atom stereocenters. The van der Waals surface area contributed by atoms with Crippen molar-refractivity contribution in [3.05, 3.63) is 87.3 Å². The van der Waals surface area contributed by atoms with Crippen LogP contribution in [-0.4, -0.2) is 22.4 Å². The zero-order valence-corrected chi connectivity index (χ0v) is 17.2. The van der Waals surface area contributed by atoms with Gasteiger partial charge in [-0.2, -0.15) is 0 Å². The zero-order chi connectivity index (χ0) is 21.1. The summed E-state index contributed by atoms with van der Waals surface area (Å²) < 4.78 is 12.5. The highest BCUT2D eigenvalue weighted by atomic mass is 32.1. The molecule has 0 aliphatic rings. The molecule has 2 heterocycles. The van der Waals surface area contributed by atoms with E-state index in [-0.39, 0.29) is 18.1 Å². The van der Waals surface area contributed by atoms with Crippen LogP contribution in [0.5, 0.6) is 11.5 Å². The second-order valence-corrected chi connectivity index (χ2v) is 7.80. The lowest BCUT2D eigenvalue weighted by molar-refractivity contribution is 0.102. The molecule has 0 spiro atoms. The Kier molecular flexibility index (Phi) is 5.49. The number of hydrogen-bond acceptors (Lipinski definition) is 6. The monoisotopic (exact) mass is 421 g/mol. The molecule has 152 valence electrons. The standard InChI is InChI=1S/C22H19N3O4S/c1-14-12-25-20(26)11-17(24-22(25)30-14)13-29-19-8-4-6-16(10-19)23-21(27)15-5-3-7-18(9-15)28-2/h3-12H,13H2,1-2H3,(H,23,27). The van der Waals surface area contributed by atoms with Crippen molar-refractivity contribution in [2.75, 3.05) is 12.4 Å². The molecule has 0 saturated heterocycles. The van der Waals surface area contributed by atoms with E-state index in [0.29, 0.717) is 33.4 Å². The van der Waals surface area contributed by atoms with Crippen molar-refractivity contribution in [3.63, 3.8) is 0 Å². The summed E-state index contributed by atoms with van der Waals surface area (Å²) in [6.45, 7) is 2.08. The smallest absolute Gasteiger partial charge is 0.258 e. The molecule has 2 aromatic carbocycles. The van der Waals surface area contributed by atoms with Crippen LogP contribution in [0.3, 0.4) is 0 Å². The number of rotatable bonds is 6. The van der Waals surface area contributed by atoms with E-state index in [2.05, 4.69) is 10.3 Å². The topological polar surface area (TPSA) is 81.9 Å². The minimum absolute atomic E-state index is 0.137. The number of carbonyl (C=O) groups excluding carboxylic acids is 1. The normalized spacial score (nSPS) is 10.7. The van der Waals surface area contributed by atoms with Gasteiger partial charge in [0.15, 0.2) is 4.96 Å². The third-order valence-electron chi connectivity index (χ3n) is 4.35. The summed E-state index contributed by atoms with van der Waals surface area (Å²) in [7, 11) is 1.55. The summed E-state index contributed by atoms with van der Waals surface area (Å²) in [6, 6.07) is 15.4. The average Bonchev–Trinajstić information content (AvgIpc) is 3.13. The predicted octanol–water partition coefficient (Wildman–Crippen LogP) is 3.90. The lowest BCUT2D eigenvalue weighted by Crippen LogP contribution is -2.14. The van der Waals surface area contributed by atoms with Gasteiger partial charge in [-0.25, -0.2) is 4.98 Å². The van der Waals surface area contributed by atoms with E-state index in [0.717, 1.165) is 4.88 Å². The molecule has 0 aliphatic heterocycles. The van der Waals surface area contributed by atoms with Gasteiger partial charge < -0.3 is 14.8 Å². The van der Waals surface area contributed by atoms with Gasteiger partial charge in [-0.3, -0.25) is 14.0 Å². The Labute approximate surface area is 176 Å². The second-order valence-electron chi connectivity index (χ2n) is 6.58. The summed E-state index contributed by atoms with van der Waals surface area (Å²) in [5.41, 5.74) is 1.50. The number of benzene rings is 2. The fourth-order valence-electron chi connectivity index (χ4n) is 2.92. The van der Waals surface area contributed by atoms with Crippen molar-refractivity contribution >= 4 is 27.9 Å². The molecule has 0 bridgehead atoms. The Bertz CT molecular complexity index is 1280. The summed E-state index contributed by atoms with van der Waals surface area (Å²) in [6.07, 6.45) is 1.77. The van der Waals surface area contributed by atoms with Crippen LogP contribution < -0.4 is 20.3 Å². The number of hydrogen-bond donors (Lipinski definition) is 1. The molecule has 4 rings (SSSR count). The van der Waals surface area contributed by atoms with E-state index in [9.17, 15) is 9.59 Å². The number of methoxy groups -OCH3 is 1. The van der Waals surface area contributed by atoms with Crippen LogP contribution in [0.1, 0.15) is 20.9 Å². The first-order valence-corrected chi connectivity index (χ1v) is 10.0. The summed E-state index contributed by atoms with van der Waals surface area (Å²) >= 11 is 1.45. The highest BCUT2D eigenvalue weighted by Crippen LogP contribution is 2.20. The number of nitrogens with zero attached hydrogens (tertiary/aromatic N) is 2. The Morgan fingerprint density at radius 1 is 1.13 bits per heavy atom. The zero-order valence-electron chi connectivity index (χ0n) is 16.4. The van der Waals surface area contributed by atoms with Crippen LogP contribution >= 0.6 is 11.3 Å². The van der Waals surface area contributed by atoms with Crippen LogP contribution in [0, 0.1) is 6.92 Å². The van der Waals surface area contributed by atoms with E-state index >= 15 is 0 Å². The van der Waals surface area contributed by atoms with E-state index in [4.69, 9.17) is 9.47 Å². The third-order valence-corrected chi connectivity index (χ3v) is 5.24. The van der Waals surface area contributed by atoms with Gasteiger partial charge >= 0.3 is 0 Å². The second kappa shape index (κ2) is 8.38. The Morgan fingerprint density at radius 3 is 2.77 bits per heavy atom. The molecule has 0 saturated carbocycles. The minimum atomic E-state index is -0.251. The van der Waals surface area contributed by atoms with E-state index in [1.54, 1.807) is 61.8 Å². The highest BCUT2D eigenvalue weighted by molar-refractivity contribution is 7.16. The molecule has 0 fully saturated rings. The molecule has 1 N–H and O–H groups in total. The summed E-state index contributed by atoms with van der Waals surface area (Å²) in [5.74, 6) is 0.920. The first-order valence-electron chi connectivity index (χ1n) is 9.19. The SMILES string of the molecule is COc1cccc(C(=O)Nc2cccc(OCc3cc(=O)n4cc(C)sc4n3)c2)c1. The van der Waals surface area contributed by atoms with Crippen LogP contribution in [0.15, 0.2) is 65.6 Å². The van der Waals surface area contributed by atoms with Crippen LogP contribution in [0.4, 0.5) is 5.69 Å². The summed E-state index contributed by atoms with van der Waals surface area (Å²) in [5, 5.41) is 2.84. The van der Waals surface area contributed by atoms with Crippen LogP contribution in [0.25, 0.3) is 4.96 Å². The first-order chi connectivity index (χ1) is 14.5. The van der Waals surface area contributed by atoms with E-state index < -0.39 is 0 Å². The Hall–Kier alpha value is -3.65. The maximum absolute atomic E-state index is 12.5. The predicted molar refractivity (Wildman–Crippen MR) is 116 cm³/mol. The van der Waals surface area contributed by atoms with Crippen molar-refractivity contribution in [2.45, 2.75) is 13.5 Å². The number of aryl methyl sites for hydroxylation is 1. The van der Waals surface area contributed by atoms with Crippen molar-refractivity contribution in [3.8, 4) is 11.5 Å². The first kappa shape index (κ1) is 19.7. The van der Waals surface area contributed by atoms with Gasteiger partial charge in [-0.05, 0) is 37.3 Å². The van der Waals surface area contributed by atoms with E-state index in [1.165, 1.54) is 21.8 Å². The molecule has 1 amide bonds. The minimum Gasteiger partial charge on any atom is -0.497 e. The maximum atomic E-state index is 12.5. The maximum Gasteiger partial charge on any atom is 0.258 e. The summed E-state index contributed by atoms with van der Waals surface area (Å²) in [4.78, 5) is 30.8. The van der Waals surface area contributed by atoms with Crippen LogP contribution in [-0.2, 0) is 6.61 Å². The fraction of sp³-hybridized carbons (Fsp3) is 0.136. The van der Waals surface area contributed by atoms with Crippen molar-refractivity contribution < 1.29 is 14.3 Å². The molecule has 0 atom stereocenters. The number of aromatic nitrogens is 2. The molecule has 0 radical (unpaired) electrons. The fourth-order valence-corrected chi connectivity index (χ4v) is 3.77. The molecule has 0 aliphatic carbocycles. The van der Waals surface area contributed by atoms with Gasteiger partial charge in [-0.15, -0.1) is 11.3 Å². The third kappa shape index (κ3) is 4.33. The van der Waals surface area contributed by atoms with E-state index in [1.807, 2.05) is 6.92 Å². The van der Waals surface area contributed by atoms with Gasteiger partial charge in [0, 0.05) is 34.5 Å². The molecular weight excluding hydrogens is 402 g/mol. The van der Waals surface area contributed by atoms with Crippen LogP contribution in [0.2, 0.25) is 0 Å². The van der Waals surface area contributed by atoms with Gasteiger partial charge in [0.05, 0.1) is 12.8 Å². The molecular formula is C22H19N3O4S. The van der Waals surface area contributed by atoms with Gasteiger partial charge in [0.2, 0.25) is 0 Å². The molecule has 7 nitrogen and oxygen atoms in total. The Morgan fingerprint density at radius 2 is 1.93 bits per heavy atom. The molecule has 30 heavy (non-hydrogen) atoms. The quantitative estimate of drug-likeness (QED) is 0.511. The number of carbonyl (C=O) groups is 1. The van der Waals surface area contributed by atoms with Crippen molar-refractivity contribution in [1.82, 2.24) is 9.38 Å². The molecule has 8 heteroatoms. The highest BCUT2D eigenvalue weighted by Gasteiger charge is 2.09. The lowest BCUT2D eigenvalue weighted by Gasteiger charge is -2.10. The number of ether oxygens (including phenoxy) is 2. The van der Waals surface area contributed by atoms with Gasteiger partial charge in [-0.1, -0.05) is 12.1 Å². The number of nitrogens with one attached hydrogen (secondary N) is 1. The Balaban J connectivity index is 1.46. The van der Waals surface area contributed by atoms with Gasteiger partial charge in [0.1, 0.15) is 18.1 Å². The number of fused-ring (bicyclic) bond motifs is 1. The largest absolute Gasteiger partial charge is 0.497 e. The van der Waals surface area contributed by atoms with Crippen molar-refractivity contribution in [2.24, 2.45) is 0 Å². The van der Waals surface area contributed by atoms with Crippen molar-refractivity contribution in [1.29, 1.82) is 0 Å².